The van der Waals surface area contributed by atoms with Crippen LogP contribution in [-0.4, -0.2) is 20.3 Å². The first kappa shape index (κ1) is 20.2. The maximum atomic E-state index is 12.9. The Kier molecular flexibility index (Phi) is 5.29. The van der Waals surface area contributed by atoms with Gasteiger partial charge in [0, 0.05) is 27.4 Å². The lowest BCUT2D eigenvalue weighted by Gasteiger charge is -2.17. The van der Waals surface area contributed by atoms with Crippen molar-refractivity contribution in [2.24, 2.45) is 11.8 Å². The van der Waals surface area contributed by atoms with Crippen molar-refractivity contribution in [3.05, 3.63) is 63.8 Å². The lowest BCUT2D eigenvalue weighted by Crippen LogP contribution is -2.32. The van der Waals surface area contributed by atoms with Gasteiger partial charge in [-0.2, -0.15) is 13.2 Å². The van der Waals surface area contributed by atoms with E-state index in [4.69, 9.17) is 11.6 Å². The van der Waals surface area contributed by atoms with Crippen LogP contribution in [0, 0.1) is 16.7 Å². The second kappa shape index (κ2) is 7.60. The van der Waals surface area contributed by atoms with Crippen LogP contribution in [0.25, 0.3) is 0 Å². The quantitative estimate of drug-likeness (QED) is 0.517. The van der Waals surface area contributed by atoms with Gasteiger partial charge < -0.3 is 5.32 Å². The van der Waals surface area contributed by atoms with Crippen LogP contribution in [0.3, 0.4) is 0 Å². The SMILES string of the molecule is O=C(Nc1ccnc(C(F)(F)F)c1)C1S[N+](=O)C(c2ccc(Cl)cc2)C1C1CC1. The first-order valence-electron chi connectivity index (χ1n) is 8.97. The van der Waals surface area contributed by atoms with Gasteiger partial charge in [0.25, 0.3) is 0 Å². The van der Waals surface area contributed by atoms with E-state index in [2.05, 4.69) is 10.3 Å². The predicted octanol–water partition coefficient (Wildman–Crippen LogP) is 5.27. The van der Waals surface area contributed by atoms with Crippen molar-refractivity contribution in [3.63, 3.8) is 0 Å². The van der Waals surface area contributed by atoms with E-state index in [1.165, 1.54) is 6.07 Å². The van der Waals surface area contributed by atoms with Crippen LogP contribution < -0.4 is 5.32 Å². The molecular weight excluding hydrogens is 427 g/mol. The average molecular weight is 443 g/mol. The van der Waals surface area contributed by atoms with Crippen LogP contribution in [0.2, 0.25) is 5.02 Å². The van der Waals surface area contributed by atoms with Crippen molar-refractivity contribution in [2.75, 3.05) is 5.32 Å². The fourth-order valence-electron chi connectivity index (χ4n) is 3.64. The molecule has 4 rings (SSSR count). The van der Waals surface area contributed by atoms with Crippen LogP contribution in [0.5, 0.6) is 0 Å². The Bertz CT molecular complexity index is 950. The molecule has 1 amide bonds. The highest BCUT2D eigenvalue weighted by Gasteiger charge is 2.60. The average Bonchev–Trinajstić information content (AvgIpc) is 3.44. The molecule has 2 aromatic rings. The van der Waals surface area contributed by atoms with E-state index in [0.717, 1.165) is 46.8 Å². The molecule has 1 aromatic carbocycles. The molecule has 152 valence electrons. The molecule has 1 aliphatic carbocycles. The van der Waals surface area contributed by atoms with E-state index in [9.17, 15) is 22.9 Å². The molecule has 2 aliphatic rings. The van der Waals surface area contributed by atoms with Gasteiger partial charge in [0.05, 0.1) is 10.1 Å². The molecule has 1 saturated heterocycles. The molecular formula is C19H16ClF3N3O2S+. The van der Waals surface area contributed by atoms with Crippen LogP contribution in [0.1, 0.15) is 30.1 Å². The Morgan fingerprint density at radius 3 is 2.52 bits per heavy atom. The highest BCUT2D eigenvalue weighted by atomic mass is 35.5. The summed E-state index contributed by atoms with van der Waals surface area (Å²) in [4.78, 5) is 28.8. The summed E-state index contributed by atoms with van der Waals surface area (Å²) in [6.07, 6.45) is -1.78. The molecule has 3 unspecified atom stereocenters. The summed E-state index contributed by atoms with van der Waals surface area (Å²) in [5.41, 5.74) is -0.315. The Labute approximate surface area is 173 Å². The molecule has 0 radical (unpaired) electrons. The molecule has 29 heavy (non-hydrogen) atoms. The van der Waals surface area contributed by atoms with Crippen molar-refractivity contribution in [1.82, 2.24) is 4.98 Å². The Morgan fingerprint density at radius 2 is 1.90 bits per heavy atom. The van der Waals surface area contributed by atoms with Crippen molar-refractivity contribution in [2.45, 2.75) is 30.3 Å². The number of carbonyl (C=O) groups is 1. The normalized spacial score (nSPS) is 24.6. The third-order valence-electron chi connectivity index (χ3n) is 5.11. The highest BCUT2D eigenvalue weighted by molar-refractivity contribution is 7.94. The van der Waals surface area contributed by atoms with Crippen molar-refractivity contribution in [3.8, 4) is 0 Å². The molecule has 0 spiro atoms. The topological polar surface area (TPSA) is 62.1 Å². The van der Waals surface area contributed by atoms with E-state index in [0.29, 0.717) is 5.02 Å². The Balaban J connectivity index is 1.57. The van der Waals surface area contributed by atoms with Gasteiger partial charge in [-0.25, -0.2) is 0 Å². The number of amides is 1. The fraction of sp³-hybridized carbons (Fsp3) is 0.368. The van der Waals surface area contributed by atoms with E-state index in [1.54, 1.807) is 24.3 Å². The zero-order valence-corrected chi connectivity index (χ0v) is 16.5. The van der Waals surface area contributed by atoms with Crippen molar-refractivity contribution >= 4 is 35.1 Å². The van der Waals surface area contributed by atoms with Gasteiger partial charge in [0.15, 0.2) is 5.25 Å². The molecule has 2 fully saturated rings. The Hall–Kier alpha value is -2.13. The lowest BCUT2D eigenvalue weighted by molar-refractivity contribution is -0.428. The van der Waals surface area contributed by atoms with Crippen LogP contribution in [0.15, 0.2) is 42.6 Å². The van der Waals surface area contributed by atoms with Gasteiger partial charge in [0.2, 0.25) is 23.9 Å². The minimum atomic E-state index is -4.61. The molecule has 1 aliphatic heterocycles. The number of benzene rings is 1. The number of anilines is 1. The molecule has 10 heteroatoms. The van der Waals surface area contributed by atoms with Gasteiger partial charge in [0.1, 0.15) is 5.69 Å². The summed E-state index contributed by atoms with van der Waals surface area (Å²) < 4.78 is 39.4. The largest absolute Gasteiger partial charge is 0.433 e. The Morgan fingerprint density at radius 1 is 1.21 bits per heavy atom. The third-order valence-corrected chi connectivity index (χ3v) is 6.56. The third kappa shape index (κ3) is 4.25. The number of carbonyl (C=O) groups excluding carboxylic acids is 1. The van der Waals surface area contributed by atoms with E-state index >= 15 is 0 Å². The molecule has 5 nitrogen and oxygen atoms in total. The molecule has 2 heterocycles. The first-order chi connectivity index (χ1) is 13.7. The summed E-state index contributed by atoms with van der Waals surface area (Å²) in [6.45, 7) is 0. The van der Waals surface area contributed by atoms with Crippen LogP contribution in [-0.2, 0) is 11.0 Å². The van der Waals surface area contributed by atoms with Gasteiger partial charge in [-0.1, -0.05) is 23.7 Å². The number of hydrogen-bond donors (Lipinski definition) is 1. The van der Waals surface area contributed by atoms with Gasteiger partial charge in [-0.3, -0.25) is 9.78 Å². The van der Waals surface area contributed by atoms with Gasteiger partial charge in [-0.15, -0.1) is 0 Å². The summed E-state index contributed by atoms with van der Waals surface area (Å²) in [6, 6.07) is 8.51. The lowest BCUT2D eigenvalue weighted by atomic mass is 9.86. The summed E-state index contributed by atoms with van der Waals surface area (Å²) in [5, 5.41) is 2.38. The van der Waals surface area contributed by atoms with Gasteiger partial charge >= 0.3 is 6.18 Å². The summed E-state index contributed by atoms with van der Waals surface area (Å²) in [5.74, 6) is -0.493. The number of aromatic nitrogens is 1. The number of hydrogen-bond acceptors (Lipinski definition) is 4. The van der Waals surface area contributed by atoms with Crippen LogP contribution >= 0.6 is 23.5 Å². The van der Waals surface area contributed by atoms with Crippen molar-refractivity contribution in [1.29, 1.82) is 0 Å². The zero-order chi connectivity index (χ0) is 20.8. The number of rotatable bonds is 4. The number of alkyl halides is 3. The number of nitrogens with zero attached hydrogens (tertiary/aromatic N) is 2. The minimum Gasteiger partial charge on any atom is -0.325 e. The molecule has 1 aromatic heterocycles. The monoisotopic (exact) mass is 442 g/mol. The molecule has 1 N–H and O–H groups in total. The summed E-state index contributed by atoms with van der Waals surface area (Å²) >= 11 is 6.82. The minimum absolute atomic E-state index is 0.000126. The second-order valence-electron chi connectivity index (χ2n) is 7.14. The second-order valence-corrected chi connectivity index (χ2v) is 8.65. The van der Waals surface area contributed by atoms with E-state index in [1.807, 2.05) is 0 Å². The van der Waals surface area contributed by atoms with Crippen molar-refractivity contribution < 1.29 is 22.1 Å². The first-order valence-corrected chi connectivity index (χ1v) is 10.2. The maximum absolute atomic E-state index is 12.9. The number of nitroso groups, excluding NO2 is 1. The van der Waals surface area contributed by atoms with Crippen LogP contribution in [0.4, 0.5) is 18.9 Å². The molecule has 3 atom stereocenters. The standard InChI is InChI=1S/C19H15ClF3N3O2S/c20-12-5-3-11(4-6-12)16-15(10-1-2-10)17(29-26(16)28)18(27)25-13-7-8-24-14(9-13)19(21,22)23/h3-10,15-17H,1-2H2/p+1. The number of nitrogens with one attached hydrogen (secondary N) is 1. The smallest absolute Gasteiger partial charge is 0.325 e. The highest BCUT2D eigenvalue weighted by Crippen LogP contribution is 2.54. The molecule has 1 saturated carbocycles. The molecule has 0 bridgehead atoms. The fourth-order valence-corrected chi connectivity index (χ4v) is 5.05. The number of pyridine rings is 1. The van der Waals surface area contributed by atoms with E-state index < -0.39 is 29.1 Å². The maximum Gasteiger partial charge on any atom is 0.433 e. The predicted molar refractivity (Wildman–Crippen MR) is 103 cm³/mol. The summed E-state index contributed by atoms with van der Waals surface area (Å²) in [7, 11) is 0. The zero-order valence-electron chi connectivity index (χ0n) is 14.9. The number of halogens is 4. The van der Waals surface area contributed by atoms with E-state index in [-0.39, 0.29) is 17.5 Å². The van der Waals surface area contributed by atoms with Gasteiger partial charge in [-0.05, 0) is 43.0 Å².